The number of H-pyrrole nitrogens is 1. The Kier molecular flexibility index (Phi) is 4.82. The van der Waals surface area contributed by atoms with Gasteiger partial charge in [0.05, 0.1) is 11.5 Å². The van der Waals surface area contributed by atoms with Gasteiger partial charge >= 0.3 is 0 Å². The summed E-state index contributed by atoms with van der Waals surface area (Å²) in [5.74, 6) is 0. The van der Waals surface area contributed by atoms with Crippen LogP contribution in [0.3, 0.4) is 0 Å². The van der Waals surface area contributed by atoms with Crippen LogP contribution in [0, 0.1) is 0 Å². The summed E-state index contributed by atoms with van der Waals surface area (Å²) >= 11 is 0. The standard InChI is InChI=1S/C15H20N2O3S/c1-12(2)17(10-13-6-4-3-5-7-13)21(19,20)15-8-14(11-18)16-9-15/h3-9,12,16,18H,10-11H2,1-2H3. The van der Waals surface area contributed by atoms with E-state index in [-0.39, 0.29) is 17.5 Å². The number of hydrogen-bond donors (Lipinski definition) is 2. The summed E-state index contributed by atoms with van der Waals surface area (Å²) < 4.78 is 26.9. The molecule has 0 amide bonds. The number of aromatic amines is 1. The zero-order valence-corrected chi connectivity index (χ0v) is 13.0. The lowest BCUT2D eigenvalue weighted by Crippen LogP contribution is -2.36. The third kappa shape index (κ3) is 3.53. The van der Waals surface area contributed by atoms with Gasteiger partial charge in [0, 0.05) is 24.5 Å². The van der Waals surface area contributed by atoms with Crippen molar-refractivity contribution in [3.8, 4) is 0 Å². The minimum absolute atomic E-state index is 0.164. The normalized spacial score (nSPS) is 12.2. The van der Waals surface area contributed by atoms with Gasteiger partial charge < -0.3 is 10.1 Å². The first-order chi connectivity index (χ1) is 9.95. The number of nitrogens with one attached hydrogen (secondary N) is 1. The second-order valence-corrected chi connectivity index (χ2v) is 7.04. The third-order valence-electron chi connectivity index (χ3n) is 3.25. The Morgan fingerprint density at radius 2 is 1.90 bits per heavy atom. The predicted molar refractivity (Wildman–Crippen MR) is 81.0 cm³/mol. The molecule has 0 atom stereocenters. The number of benzene rings is 1. The van der Waals surface area contributed by atoms with Gasteiger partial charge in [-0.25, -0.2) is 8.42 Å². The zero-order valence-electron chi connectivity index (χ0n) is 12.2. The van der Waals surface area contributed by atoms with E-state index in [2.05, 4.69) is 4.98 Å². The number of hydrogen-bond acceptors (Lipinski definition) is 3. The van der Waals surface area contributed by atoms with Crippen LogP contribution in [0.4, 0.5) is 0 Å². The van der Waals surface area contributed by atoms with Crippen molar-refractivity contribution in [1.82, 2.24) is 9.29 Å². The molecule has 114 valence electrons. The Morgan fingerprint density at radius 1 is 1.24 bits per heavy atom. The molecule has 0 spiro atoms. The van der Waals surface area contributed by atoms with E-state index in [1.807, 2.05) is 44.2 Å². The molecule has 0 saturated heterocycles. The number of nitrogens with zero attached hydrogens (tertiary/aromatic N) is 1. The van der Waals surface area contributed by atoms with Gasteiger partial charge in [0.25, 0.3) is 0 Å². The van der Waals surface area contributed by atoms with Crippen molar-refractivity contribution in [2.75, 3.05) is 0 Å². The molecule has 21 heavy (non-hydrogen) atoms. The summed E-state index contributed by atoms with van der Waals surface area (Å²) in [6.07, 6.45) is 1.42. The second kappa shape index (κ2) is 6.43. The maximum absolute atomic E-state index is 12.7. The Hall–Kier alpha value is -1.63. The topological polar surface area (TPSA) is 73.4 Å². The van der Waals surface area contributed by atoms with Gasteiger partial charge in [-0.05, 0) is 25.5 Å². The maximum Gasteiger partial charge on any atom is 0.245 e. The Labute approximate surface area is 125 Å². The number of aliphatic hydroxyl groups is 1. The maximum atomic E-state index is 12.7. The molecule has 2 rings (SSSR count). The highest BCUT2D eigenvalue weighted by Gasteiger charge is 2.28. The SMILES string of the molecule is CC(C)N(Cc1ccccc1)S(=O)(=O)c1c[nH]c(CO)c1. The van der Waals surface area contributed by atoms with Crippen LogP contribution in [0.5, 0.6) is 0 Å². The molecule has 0 unspecified atom stereocenters. The zero-order chi connectivity index (χ0) is 15.5. The van der Waals surface area contributed by atoms with Gasteiger partial charge in [0.15, 0.2) is 0 Å². The summed E-state index contributed by atoms with van der Waals surface area (Å²) in [4.78, 5) is 2.94. The summed E-state index contributed by atoms with van der Waals surface area (Å²) in [5, 5.41) is 9.06. The van der Waals surface area contributed by atoms with Crippen LogP contribution in [0.2, 0.25) is 0 Å². The van der Waals surface area contributed by atoms with E-state index in [1.54, 1.807) is 0 Å². The molecule has 0 aliphatic carbocycles. The summed E-state index contributed by atoms with van der Waals surface area (Å²) in [7, 11) is -3.60. The van der Waals surface area contributed by atoms with Gasteiger partial charge in [-0.1, -0.05) is 30.3 Å². The first-order valence-electron chi connectivity index (χ1n) is 6.79. The number of sulfonamides is 1. The quantitative estimate of drug-likeness (QED) is 0.858. The molecule has 0 aliphatic rings. The molecule has 5 nitrogen and oxygen atoms in total. The van der Waals surface area contributed by atoms with Crippen molar-refractivity contribution in [2.24, 2.45) is 0 Å². The van der Waals surface area contributed by atoms with E-state index in [1.165, 1.54) is 16.6 Å². The molecule has 0 bridgehead atoms. The van der Waals surface area contributed by atoms with Gasteiger partial charge in [-0.3, -0.25) is 0 Å². The van der Waals surface area contributed by atoms with Crippen LogP contribution in [-0.2, 0) is 23.2 Å². The van der Waals surface area contributed by atoms with Crippen molar-refractivity contribution >= 4 is 10.0 Å². The lowest BCUT2D eigenvalue weighted by molar-refractivity contribution is 0.277. The lowest BCUT2D eigenvalue weighted by Gasteiger charge is -2.25. The Balaban J connectivity index is 2.32. The average Bonchev–Trinajstić information content (AvgIpc) is 2.95. The molecule has 6 heteroatoms. The van der Waals surface area contributed by atoms with Crippen molar-refractivity contribution in [1.29, 1.82) is 0 Å². The largest absolute Gasteiger partial charge is 0.390 e. The van der Waals surface area contributed by atoms with Crippen molar-refractivity contribution in [3.63, 3.8) is 0 Å². The van der Waals surface area contributed by atoms with Gasteiger partial charge in [-0.15, -0.1) is 0 Å². The lowest BCUT2D eigenvalue weighted by atomic mass is 10.2. The number of aromatic nitrogens is 1. The van der Waals surface area contributed by atoms with E-state index < -0.39 is 10.0 Å². The Bertz CT molecular complexity index is 678. The molecule has 1 heterocycles. The molecular formula is C15H20N2O3S. The van der Waals surface area contributed by atoms with Crippen LogP contribution < -0.4 is 0 Å². The minimum atomic E-state index is -3.60. The minimum Gasteiger partial charge on any atom is -0.390 e. The predicted octanol–water partition coefficient (Wildman–Crippen LogP) is 2.11. The van der Waals surface area contributed by atoms with Gasteiger partial charge in [-0.2, -0.15) is 4.31 Å². The molecule has 2 N–H and O–H groups in total. The van der Waals surface area contributed by atoms with Crippen LogP contribution >= 0.6 is 0 Å². The van der Waals surface area contributed by atoms with E-state index in [9.17, 15) is 8.42 Å². The van der Waals surface area contributed by atoms with Crippen molar-refractivity contribution in [2.45, 2.75) is 37.9 Å². The average molecular weight is 308 g/mol. The van der Waals surface area contributed by atoms with Gasteiger partial charge in [0.2, 0.25) is 10.0 Å². The molecule has 1 aromatic heterocycles. The van der Waals surface area contributed by atoms with E-state index in [0.717, 1.165) is 5.56 Å². The van der Waals surface area contributed by atoms with E-state index >= 15 is 0 Å². The van der Waals surface area contributed by atoms with Crippen LogP contribution in [0.15, 0.2) is 47.5 Å². The van der Waals surface area contributed by atoms with Gasteiger partial charge in [0.1, 0.15) is 0 Å². The summed E-state index contributed by atoms with van der Waals surface area (Å²) in [5.41, 5.74) is 1.42. The molecule has 0 aliphatic heterocycles. The Morgan fingerprint density at radius 3 is 2.43 bits per heavy atom. The summed E-state index contributed by atoms with van der Waals surface area (Å²) in [6, 6.07) is 10.8. The molecule has 0 saturated carbocycles. The first-order valence-corrected chi connectivity index (χ1v) is 8.23. The fraction of sp³-hybridized carbons (Fsp3) is 0.333. The van der Waals surface area contributed by atoms with Crippen LogP contribution in [0.25, 0.3) is 0 Å². The van der Waals surface area contributed by atoms with Crippen molar-refractivity contribution in [3.05, 3.63) is 53.9 Å². The highest BCUT2D eigenvalue weighted by Crippen LogP contribution is 2.21. The number of rotatable bonds is 6. The number of aliphatic hydroxyl groups excluding tert-OH is 1. The highest BCUT2D eigenvalue weighted by atomic mass is 32.2. The molecule has 0 radical (unpaired) electrons. The molecular weight excluding hydrogens is 288 g/mol. The fourth-order valence-electron chi connectivity index (χ4n) is 2.10. The smallest absolute Gasteiger partial charge is 0.245 e. The highest BCUT2D eigenvalue weighted by molar-refractivity contribution is 7.89. The monoisotopic (exact) mass is 308 g/mol. The molecule has 2 aromatic rings. The molecule has 1 aromatic carbocycles. The van der Waals surface area contributed by atoms with E-state index in [4.69, 9.17) is 5.11 Å². The molecule has 0 fully saturated rings. The van der Waals surface area contributed by atoms with Crippen LogP contribution in [-0.4, -0.2) is 28.9 Å². The fourth-order valence-corrected chi connectivity index (χ4v) is 3.75. The first kappa shape index (κ1) is 15.8. The van der Waals surface area contributed by atoms with Crippen molar-refractivity contribution < 1.29 is 13.5 Å². The summed E-state index contributed by atoms with van der Waals surface area (Å²) in [6.45, 7) is 3.80. The second-order valence-electron chi connectivity index (χ2n) is 5.15. The van der Waals surface area contributed by atoms with E-state index in [0.29, 0.717) is 12.2 Å². The van der Waals surface area contributed by atoms with Crippen LogP contribution in [0.1, 0.15) is 25.1 Å². The third-order valence-corrected chi connectivity index (χ3v) is 5.25.